The minimum absolute atomic E-state index is 0.961. The Bertz CT molecular complexity index is 529. The molecule has 1 aliphatic carbocycles. The van der Waals surface area contributed by atoms with E-state index in [-0.39, 0.29) is 0 Å². The molecule has 2 nitrogen and oxygen atoms in total. The van der Waals surface area contributed by atoms with Crippen LogP contribution >= 0.6 is 11.3 Å². The predicted octanol–water partition coefficient (Wildman–Crippen LogP) is 2.80. The molecule has 13 heavy (non-hydrogen) atoms. The van der Waals surface area contributed by atoms with E-state index in [1.54, 1.807) is 17.5 Å². The highest BCUT2D eigenvalue weighted by Gasteiger charge is 2.03. The summed E-state index contributed by atoms with van der Waals surface area (Å²) in [6.45, 7) is 0. The molecule has 0 saturated carbocycles. The zero-order chi connectivity index (χ0) is 8.67. The zero-order valence-corrected chi connectivity index (χ0v) is 7.58. The molecule has 1 aliphatic heterocycles. The van der Waals surface area contributed by atoms with Gasteiger partial charge in [0.15, 0.2) is 0 Å². The Kier molecular flexibility index (Phi) is 1.34. The van der Waals surface area contributed by atoms with Crippen LogP contribution in [0.3, 0.4) is 0 Å². The van der Waals surface area contributed by atoms with Gasteiger partial charge in [0, 0.05) is 10.3 Å². The largest absolute Gasteiger partial charge is 0.158 e. The fraction of sp³-hybridized carbons (Fsp3) is 0. The molecule has 0 radical (unpaired) electrons. The molecule has 0 saturated heterocycles. The standard InChI is InChI=1S/C10H6N2S/c1-2-10-7(3-4-13-10)5-8-6-11-12-9(1)8/h1-6H. The van der Waals surface area contributed by atoms with Gasteiger partial charge in [-0.15, -0.1) is 11.3 Å². The lowest BCUT2D eigenvalue weighted by atomic mass is 10.2. The Morgan fingerprint density at radius 3 is 3.15 bits per heavy atom. The smallest absolute Gasteiger partial charge is 0.0945 e. The first kappa shape index (κ1) is 6.97. The maximum Gasteiger partial charge on any atom is 0.0945 e. The summed E-state index contributed by atoms with van der Waals surface area (Å²) in [6, 6.07) is 8.35. The third-order valence-corrected chi connectivity index (χ3v) is 2.99. The molecule has 0 fully saturated rings. The van der Waals surface area contributed by atoms with Gasteiger partial charge in [-0.3, -0.25) is 0 Å². The number of rotatable bonds is 0. The van der Waals surface area contributed by atoms with E-state index in [1.165, 1.54) is 10.1 Å². The number of thiophene rings is 1. The molecule has 0 amide bonds. The second kappa shape index (κ2) is 2.50. The van der Waals surface area contributed by atoms with Crippen molar-refractivity contribution in [1.29, 1.82) is 0 Å². The molecule has 3 rings (SSSR count). The van der Waals surface area contributed by atoms with E-state index in [0.29, 0.717) is 0 Å². The van der Waals surface area contributed by atoms with Crippen LogP contribution < -0.4 is 0 Å². The van der Waals surface area contributed by atoms with Gasteiger partial charge in [-0.25, -0.2) is 0 Å². The van der Waals surface area contributed by atoms with Gasteiger partial charge in [-0.05, 0) is 35.0 Å². The molecular weight excluding hydrogens is 180 g/mol. The van der Waals surface area contributed by atoms with Gasteiger partial charge in [0.1, 0.15) is 0 Å². The molecule has 2 aliphatic rings. The molecule has 0 N–H and O–H groups in total. The summed E-state index contributed by atoms with van der Waals surface area (Å²) in [7, 11) is 0. The van der Waals surface area contributed by atoms with Crippen LogP contribution in [0.15, 0.2) is 35.8 Å². The van der Waals surface area contributed by atoms with Crippen LogP contribution in [-0.4, -0.2) is 10.2 Å². The molecule has 1 aromatic rings. The monoisotopic (exact) mass is 186 g/mol. The van der Waals surface area contributed by atoms with Crippen molar-refractivity contribution in [3.05, 3.63) is 35.8 Å². The van der Waals surface area contributed by atoms with Gasteiger partial charge in [0.2, 0.25) is 0 Å². The molecule has 62 valence electrons. The topological polar surface area (TPSA) is 25.8 Å². The minimum Gasteiger partial charge on any atom is -0.158 e. The Morgan fingerprint density at radius 1 is 1.15 bits per heavy atom. The lowest BCUT2D eigenvalue weighted by molar-refractivity contribution is 1.10. The van der Waals surface area contributed by atoms with Crippen molar-refractivity contribution in [1.82, 2.24) is 10.2 Å². The van der Waals surface area contributed by atoms with Crippen LogP contribution in [0.2, 0.25) is 0 Å². The van der Waals surface area contributed by atoms with Crippen LogP contribution in [0.25, 0.3) is 21.3 Å². The Morgan fingerprint density at radius 2 is 2.15 bits per heavy atom. The maximum atomic E-state index is 4.02. The van der Waals surface area contributed by atoms with Crippen molar-refractivity contribution in [3.63, 3.8) is 0 Å². The first-order chi connectivity index (χ1) is 6.43. The summed E-state index contributed by atoms with van der Waals surface area (Å²) < 4.78 is 1.29. The van der Waals surface area contributed by atoms with Crippen LogP contribution in [0.4, 0.5) is 0 Å². The summed E-state index contributed by atoms with van der Waals surface area (Å²) in [5, 5.41) is 11.2. The molecule has 0 unspecified atom stereocenters. The van der Waals surface area contributed by atoms with Crippen LogP contribution in [0.1, 0.15) is 0 Å². The number of nitrogens with zero attached hydrogens (tertiary/aromatic N) is 2. The van der Waals surface area contributed by atoms with E-state index in [4.69, 9.17) is 0 Å². The van der Waals surface area contributed by atoms with E-state index in [9.17, 15) is 0 Å². The second-order valence-corrected chi connectivity index (χ2v) is 3.85. The van der Waals surface area contributed by atoms with Crippen molar-refractivity contribution in [3.8, 4) is 11.3 Å². The molecule has 2 heterocycles. The fourth-order valence-corrected chi connectivity index (χ4v) is 2.20. The van der Waals surface area contributed by atoms with E-state index < -0.39 is 0 Å². The van der Waals surface area contributed by atoms with Gasteiger partial charge >= 0.3 is 0 Å². The molecular formula is C10H6N2S. The van der Waals surface area contributed by atoms with E-state index >= 15 is 0 Å². The Balaban J connectivity index is 2.51. The van der Waals surface area contributed by atoms with E-state index in [1.807, 2.05) is 6.07 Å². The van der Waals surface area contributed by atoms with Crippen molar-refractivity contribution >= 4 is 21.4 Å². The van der Waals surface area contributed by atoms with Gasteiger partial charge in [-0.2, -0.15) is 10.2 Å². The zero-order valence-electron chi connectivity index (χ0n) is 6.77. The molecule has 0 bridgehead atoms. The maximum absolute atomic E-state index is 4.02. The SMILES string of the molecule is c1cc2cc3cnnc-3ccc2s1. The summed E-state index contributed by atoms with van der Waals surface area (Å²) in [5.41, 5.74) is 2.07. The number of hydrogen-bond donors (Lipinski definition) is 0. The molecule has 0 atom stereocenters. The highest BCUT2D eigenvalue weighted by molar-refractivity contribution is 7.17. The summed E-state index contributed by atoms with van der Waals surface area (Å²) in [5.74, 6) is 0. The fourth-order valence-electron chi connectivity index (χ4n) is 1.43. The van der Waals surface area contributed by atoms with Crippen molar-refractivity contribution < 1.29 is 0 Å². The summed E-state index contributed by atoms with van der Waals surface area (Å²) in [6.07, 6.45) is 1.80. The number of aromatic nitrogens is 2. The summed E-state index contributed by atoms with van der Waals surface area (Å²) in [4.78, 5) is 0. The molecule has 0 aromatic carbocycles. The lowest BCUT2D eigenvalue weighted by Gasteiger charge is -1.82. The molecule has 3 heteroatoms. The molecule has 0 spiro atoms. The van der Waals surface area contributed by atoms with Crippen LogP contribution in [-0.2, 0) is 0 Å². The normalized spacial score (nSPS) is 11.1. The third kappa shape index (κ3) is 1.01. The Labute approximate surface area is 79.2 Å². The molecule has 1 aromatic heterocycles. The average molecular weight is 186 g/mol. The van der Waals surface area contributed by atoms with Crippen molar-refractivity contribution in [2.24, 2.45) is 0 Å². The second-order valence-electron chi connectivity index (χ2n) is 2.90. The highest BCUT2D eigenvalue weighted by atomic mass is 32.1. The van der Waals surface area contributed by atoms with Crippen LogP contribution in [0, 0.1) is 0 Å². The average Bonchev–Trinajstić information content (AvgIpc) is 2.72. The van der Waals surface area contributed by atoms with Gasteiger partial charge in [0.05, 0.1) is 11.9 Å². The predicted molar refractivity (Wildman–Crippen MR) is 54.0 cm³/mol. The summed E-state index contributed by atoms with van der Waals surface area (Å²) >= 11 is 1.75. The van der Waals surface area contributed by atoms with Crippen LogP contribution in [0.5, 0.6) is 0 Å². The minimum atomic E-state index is 0.961. The quantitative estimate of drug-likeness (QED) is 0.539. The van der Waals surface area contributed by atoms with E-state index in [2.05, 4.69) is 33.8 Å². The van der Waals surface area contributed by atoms with Gasteiger partial charge < -0.3 is 0 Å². The number of fused-ring (bicyclic) bond motifs is 2. The highest BCUT2D eigenvalue weighted by Crippen LogP contribution is 2.25. The Hall–Kier alpha value is -1.48. The van der Waals surface area contributed by atoms with Crippen molar-refractivity contribution in [2.75, 3.05) is 0 Å². The van der Waals surface area contributed by atoms with Gasteiger partial charge in [0.25, 0.3) is 0 Å². The van der Waals surface area contributed by atoms with Gasteiger partial charge in [-0.1, -0.05) is 0 Å². The first-order valence-electron chi connectivity index (χ1n) is 4.02. The van der Waals surface area contributed by atoms with E-state index in [0.717, 1.165) is 11.3 Å². The third-order valence-electron chi connectivity index (χ3n) is 2.09. The first-order valence-corrected chi connectivity index (χ1v) is 4.90. The van der Waals surface area contributed by atoms with Crippen molar-refractivity contribution in [2.45, 2.75) is 0 Å². The number of hydrogen-bond acceptors (Lipinski definition) is 3. The lowest BCUT2D eigenvalue weighted by Crippen LogP contribution is -1.67.